The zero-order valence-electron chi connectivity index (χ0n) is 9.69. The molecule has 0 amide bonds. The summed E-state index contributed by atoms with van der Waals surface area (Å²) in [6.45, 7) is 0.0647. The molecule has 0 aliphatic carbocycles. The summed E-state index contributed by atoms with van der Waals surface area (Å²) in [6.07, 6.45) is -0.857. The Balaban J connectivity index is 1.91. The number of carbonyl (C=O) groups is 2. The maximum Gasteiger partial charge on any atom is 0.338 e. The first-order valence-corrected chi connectivity index (χ1v) is 5.69. The van der Waals surface area contributed by atoms with Crippen molar-refractivity contribution in [3.8, 4) is 0 Å². The summed E-state index contributed by atoms with van der Waals surface area (Å²) in [5.74, 6) is -0.963. The number of aliphatic hydroxyl groups excluding tert-OH is 1. The van der Waals surface area contributed by atoms with Crippen molar-refractivity contribution in [2.45, 2.75) is 12.2 Å². The van der Waals surface area contributed by atoms with Gasteiger partial charge in [-0.2, -0.15) is 0 Å². The van der Waals surface area contributed by atoms with Crippen LogP contribution in [-0.2, 0) is 14.3 Å². The molecule has 5 heteroatoms. The number of hydrogen-bond donors (Lipinski definition) is 1. The van der Waals surface area contributed by atoms with Gasteiger partial charge in [0.25, 0.3) is 0 Å². The van der Waals surface area contributed by atoms with Crippen LogP contribution in [0.1, 0.15) is 10.4 Å². The van der Waals surface area contributed by atoms with Crippen molar-refractivity contribution in [1.82, 2.24) is 0 Å². The molecule has 1 aliphatic heterocycles. The minimum atomic E-state index is -0.774. The molecule has 0 bridgehead atoms. The van der Waals surface area contributed by atoms with Gasteiger partial charge in [0.1, 0.15) is 12.4 Å². The van der Waals surface area contributed by atoms with Gasteiger partial charge < -0.3 is 19.4 Å². The summed E-state index contributed by atoms with van der Waals surface area (Å²) in [4.78, 5) is 22.4. The van der Waals surface area contributed by atoms with Crippen LogP contribution in [0.2, 0.25) is 0 Å². The molecular formula is C13H14O5. The Morgan fingerprint density at radius 2 is 2.17 bits per heavy atom. The van der Waals surface area contributed by atoms with Gasteiger partial charge >= 0.3 is 5.97 Å². The molecule has 18 heavy (non-hydrogen) atoms. The molecule has 5 nitrogen and oxygen atoms in total. The molecule has 1 saturated heterocycles. The first-order chi connectivity index (χ1) is 8.72. The highest BCUT2D eigenvalue weighted by Crippen LogP contribution is 2.20. The summed E-state index contributed by atoms with van der Waals surface area (Å²) in [5, 5.41) is 9.60. The number of ether oxygens (including phenoxy) is 2. The predicted octanol–water partition coefficient (Wildman–Crippen LogP) is 0.418. The minimum absolute atomic E-state index is 0.0295. The van der Waals surface area contributed by atoms with E-state index in [0.717, 1.165) is 0 Å². The van der Waals surface area contributed by atoms with Crippen molar-refractivity contribution in [2.75, 3.05) is 13.2 Å². The van der Waals surface area contributed by atoms with Gasteiger partial charge in [-0.25, -0.2) is 4.79 Å². The Morgan fingerprint density at radius 3 is 2.83 bits per heavy atom. The van der Waals surface area contributed by atoms with E-state index in [9.17, 15) is 14.7 Å². The fraction of sp³-hybridized carbons (Fsp3) is 0.385. The molecule has 2 rings (SSSR count). The second-order valence-electron chi connectivity index (χ2n) is 4.13. The Hall–Kier alpha value is -1.72. The van der Waals surface area contributed by atoms with Gasteiger partial charge in [-0.15, -0.1) is 0 Å². The monoisotopic (exact) mass is 250 g/mol. The highest BCUT2D eigenvalue weighted by atomic mass is 16.5. The highest BCUT2D eigenvalue weighted by Gasteiger charge is 2.36. The molecule has 1 aromatic carbocycles. The van der Waals surface area contributed by atoms with Gasteiger partial charge in [0, 0.05) is 0 Å². The molecular weight excluding hydrogens is 236 g/mol. The maximum absolute atomic E-state index is 11.7. The van der Waals surface area contributed by atoms with Gasteiger partial charge in [0.05, 0.1) is 30.8 Å². The lowest BCUT2D eigenvalue weighted by Gasteiger charge is -2.15. The first kappa shape index (κ1) is 12.7. The average molecular weight is 250 g/mol. The van der Waals surface area contributed by atoms with E-state index in [2.05, 4.69) is 0 Å². The van der Waals surface area contributed by atoms with E-state index < -0.39 is 24.1 Å². The lowest BCUT2D eigenvalue weighted by Crippen LogP contribution is -2.30. The number of aldehydes is 1. The van der Waals surface area contributed by atoms with Crippen LogP contribution < -0.4 is 0 Å². The highest BCUT2D eigenvalue weighted by molar-refractivity contribution is 5.89. The number of hydrogen-bond acceptors (Lipinski definition) is 5. The zero-order chi connectivity index (χ0) is 13.0. The number of rotatable bonds is 4. The van der Waals surface area contributed by atoms with Gasteiger partial charge in [-0.3, -0.25) is 0 Å². The lowest BCUT2D eigenvalue weighted by molar-refractivity contribution is -0.117. The molecule has 0 aromatic heterocycles. The van der Waals surface area contributed by atoms with Gasteiger partial charge in [-0.05, 0) is 12.1 Å². The molecule has 1 aliphatic rings. The fourth-order valence-corrected chi connectivity index (χ4v) is 1.85. The van der Waals surface area contributed by atoms with Crippen molar-refractivity contribution in [2.24, 2.45) is 5.92 Å². The van der Waals surface area contributed by atoms with E-state index in [1.807, 2.05) is 0 Å². The van der Waals surface area contributed by atoms with Crippen LogP contribution in [0.4, 0.5) is 0 Å². The first-order valence-electron chi connectivity index (χ1n) is 5.69. The largest absolute Gasteiger partial charge is 0.462 e. The smallest absolute Gasteiger partial charge is 0.338 e. The lowest BCUT2D eigenvalue weighted by atomic mass is 10.0. The van der Waals surface area contributed by atoms with Crippen LogP contribution in [0.15, 0.2) is 30.3 Å². The predicted molar refractivity (Wildman–Crippen MR) is 62.0 cm³/mol. The molecule has 96 valence electrons. The van der Waals surface area contributed by atoms with E-state index in [1.165, 1.54) is 0 Å². The number of esters is 1. The molecule has 0 radical (unpaired) electrons. The summed E-state index contributed by atoms with van der Waals surface area (Å²) >= 11 is 0. The third kappa shape index (κ3) is 2.75. The Morgan fingerprint density at radius 1 is 1.44 bits per heavy atom. The van der Waals surface area contributed by atoms with Crippen LogP contribution in [0.3, 0.4) is 0 Å². The second-order valence-corrected chi connectivity index (χ2v) is 4.13. The molecule has 1 N–H and O–H groups in total. The molecule has 0 spiro atoms. The molecule has 1 fully saturated rings. The van der Waals surface area contributed by atoms with E-state index in [1.54, 1.807) is 30.3 Å². The van der Waals surface area contributed by atoms with Gasteiger partial charge in [0.15, 0.2) is 0 Å². The van der Waals surface area contributed by atoms with Crippen molar-refractivity contribution >= 4 is 12.3 Å². The van der Waals surface area contributed by atoms with Crippen molar-refractivity contribution in [3.63, 3.8) is 0 Å². The molecule has 1 heterocycles. The van der Waals surface area contributed by atoms with Gasteiger partial charge in [0.2, 0.25) is 0 Å². The van der Waals surface area contributed by atoms with Crippen molar-refractivity contribution in [1.29, 1.82) is 0 Å². The standard InChI is InChI=1S/C13H14O5/c14-6-12-10(11(15)8-17-12)7-18-13(16)9-4-2-1-3-5-9/h1-6,10-12,15H,7-8H2/t10-,11+,12+/m0/s1. The summed E-state index contributed by atoms with van der Waals surface area (Å²) in [7, 11) is 0. The molecule has 0 unspecified atom stereocenters. The van der Waals surface area contributed by atoms with Crippen LogP contribution >= 0.6 is 0 Å². The van der Waals surface area contributed by atoms with Crippen LogP contribution in [0.5, 0.6) is 0 Å². The normalized spacial score (nSPS) is 26.8. The third-order valence-corrected chi connectivity index (χ3v) is 2.93. The van der Waals surface area contributed by atoms with Crippen LogP contribution in [-0.4, -0.2) is 42.8 Å². The molecule has 3 atom stereocenters. The maximum atomic E-state index is 11.7. The summed E-state index contributed by atoms with van der Waals surface area (Å²) in [6, 6.07) is 8.55. The quantitative estimate of drug-likeness (QED) is 0.619. The SMILES string of the molecule is O=C[C@H]1OC[C@@H](O)[C@@H]1COC(=O)c1ccccc1. The van der Waals surface area contributed by atoms with E-state index in [-0.39, 0.29) is 13.2 Å². The Labute approximate surface area is 104 Å². The van der Waals surface area contributed by atoms with E-state index >= 15 is 0 Å². The zero-order valence-corrected chi connectivity index (χ0v) is 9.69. The van der Waals surface area contributed by atoms with Crippen molar-refractivity contribution in [3.05, 3.63) is 35.9 Å². The number of aliphatic hydroxyl groups is 1. The van der Waals surface area contributed by atoms with Gasteiger partial charge in [-0.1, -0.05) is 18.2 Å². The fourth-order valence-electron chi connectivity index (χ4n) is 1.85. The van der Waals surface area contributed by atoms with E-state index in [4.69, 9.17) is 9.47 Å². The van der Waals surface area contributed by atoms with Crippen LogP contribution in [0, 0.1) is 5.92 Å². The molecule has 0 saturated carbocycles. The average Bonchev–Trinajstić information content (AvgIpc) is 2.77. The third-order valence-electron chi connectivity index (χ3n) is 2.93. The minimum Gasteiger partial charge on any atom is -0.462 e. The van der Waals surface area contributed by atoms with Crippen LogP contribution in [0.25, 0.3) is 0 Å². The Kier molecular flexibility index (Phi) is 4.07. The topological polar surface area (TPSA) is 72.8 Å². The Bertz CT molecular complexity index is 417. The van der Waals surface area contributed by atoms with Crippen molar-refractivity contribution < 1.29 is 24.2 Å². The van der Waals surface area contributed by atoms with E-state index in [0.29, 0.717) is 11.8 Å². The number of benzene rings is 1. The number of carbonyl (C=O) groups excluding carboxylic acids is 2. The second kappa shape index (κ2) is 5.75. The molecule has 1 aromatic rings. The summed E-state index contributed by atoms with van der Waals surface area (Å²) in [5.41, 5.74) is 0.438. The summed E-state index contributed by atoms with van der Waals surface area (Å²) < 4.78 is 10.1.